The quantitative estimate of drug-likeness (QED) is 0.335. The molecular formula is C4H9NaO5S. The molecule has 7 heteroatoms. The maximum absolute atomic E-state index is 9.56. The van der Waals surface area contributed by atoms with Gasteiger partial charge in [-0.25, -0.2) is 0 Å². The number of hydrogen-bond donors (Lipinski definition) is 1. The van der Waals surface area contributed by atoms with Crippen LogP contribution in [0.4, 0.5) is 0 Å². The fraction of sp³-hybridized carbons (Fsp3) is 0.750. The van der Waals surface area contributed by atoms with Gasteiger partial charge in [0.15, 0.2) is 0 Å². The molecule has 0 aromatic carbocycles. The topological polar surface area (TPSA) is 94.5 Å². The first kappa shape index (κ1) is 17.5. The van der Waals surface area contributed by atoms with E-state index < -0.39 is 16.1 Å². The van der Waals surface area contributed by atoms with E-state index in [1.54, 1.807) is 0 Å². The molecule has 0 rings (SSSR count). The van der Waals surface area contributed by atoms with Crippen LogP contribution in [0.15, 0.2) is 0 Å². The maximum atomic E-state index is 9.56. The maximum Gasteiger partial charge on any atom is 1.00 e. The van der Waals surface area contributed by atoms with Crippen LogP contribution >= 0.6 is 0 Å². The molecule has 62 valence electrons. The van der Waals surface area contributed by atoms with Crippen LogP contribution in [0.5, 0.6) is 0 Å². The molecule has 0 amide bonds. The summed E-state index contributed by atoms with van der Waals surface area (Å²) in [5, 5.41) is 8.89. The summed E-state index contributed by atoms with van der Waals surface area (Å²) in [5.41, 5.74) is 0. The molecule has 0 aliphatic carbocycles. The number of carboxylic acid groups (broad SMARTS) is 1. The second kappa shape index (κ2) is 8.48. The van der Waals surface area contributed by atoms with E-state index in [2.05, 4.69) is 0 Å². The fourth-order valence-electron chi connectivity index (χ4n) is 0. The van der Waals surface area contributed by atoms with Crippen LogP contribution in [0.1, 0.15) is 13.8 Å². The molecule has 0 aromatic heterocycles. The molecule has 0 aromatic rings. The average Bonchev–Trinajstić information content (AvgIpc) is 1.63. The molecule has 0 unspecified atom stereocenters. The second-order valence-corrected chi connectivity index (χ2v) is 3.10. The third-order valence-electron chi connectivity index (χ3n) is 0.365. The number of rotatable bonds is 1. The van der Waals surface area contributed by atoms with Gasteiger partial charge in [-0.2, -0.15) is 8.42 Å². The SMILES string of the molecule is CC(=O)[O-].CCS(=O)(=O)O.[Na+]. The monoisotopic (exact) mass is 192 g/mol. The molecule has 11 heavy (non-hydrogen) atoms. The Hall–Kier alpha value is 0.380. The molecule has 0 bridgehead atoms. The van der Waals surface area contributed by atoms with Crippen molar-refractivity contribution in [2.24, 2.45) is 0 Å². The Morgan fingerprint density at radius 2 is 1.64 bits per heavy atom. The van der Waals surface area contributed by atoms with Crippen molar-refractivity contribution in [1.29, 1.82) is 0 Å². The van der Waals surface area contributed by atoms with Crippen LogP contribution in [0.2, 0.25) is 0 Å². The molecule has 0 atom stereocenters. The van der Waals surface area contributed by atoms with E-state index in [0.717, 1.165) is 6.92 Å². The third kappa shape index (κ3) is 63.8. The zero-order chi connectivity index (χ0) is 8.78. The summed E-state index contributed by atoms with van der Waals surface area (Å²) in [6, 6.07) is 0. The van der Waals surface area contributed by atoms with Gasteiger partial charge >= 0.3 is 29.6 Å². The molecule has 0 saturated heterocycles. The summed E-state index contributed by atoms with van der Waals surface area (Å²) in [7, 11) is -3.66. The molecule has 0 aliphatic heterocycles. The Kier molecular flexibility index (Phi) is 13.5. The molecule has 0 aliphatic rings. The van der Waals surface area contributed by atoms with Crippen molar-refractivity contribution in [2.75, 3.05) is 5.75 Å². The molecule has 0 heterocycles. The summed E-state index contributed by atoms with van der Waals surface area (Å²) in [6.07, 6.45) is 0. The number of aliphatic carboxylic acids is 1. The van der Waals surface area contributed by atoms with Gasteiger partial charge in [0.1, 0.15) is 0 Å². The van der Waals surface area contributed by atoms with Gasteiger partial charge in [-0.05, 0) is 13.8 Å². The number of carbonyl (C=O) groups is 1. The van der Waals surface area contributed by atoms with Crippen molar-refractivity contribution in [3.05, 3.63) is 0 Å². The van der Waals surface area contributed by atoms with Crippen LogP contribution in [-0.2, 0) is 14.9 Å². The molecule has 5 nitrogen and oxygen atoms in total. The van der Waals surface area contributed by atoms with Gasteiger partial charge in [-0.1, -0.05) is 0 Å². The minimum atomic E-state index is -3.66. The van der Waals surface area contributed by atoms with E-state index in [0.29, 0.717) is 0 Å². The molecule has 1 N–H and O–H groups in total. The van der Waals surface area contributed by atoms with E-state index in [1.165, 1.54) is 6.92 Å². The first-order chi connectivity index (χ1) is 4.29. The second-order valence-electron chi connectivity index (χ2n) is 1.36. The van der Waals surface area contributed by atoms with Gasteiger partial charge in [-0.3, -0.25) is 4.55 Å². The van der Waals surface area contributed by atoms with Crippen molar-refractivity contribution < 1.29 is 52.4 Å². The number of hydrogen-bond acceptors (Lipinski definition) is 4. The molecule has 0 radical (unpaired) electrons. The molecule has 0 saturated carbocycles. The predicted octanol–water partition coefficient (Wildman–Crippen LogP) is -4.35. The summed E-state index contributed by atoms with van der Waals surface area (Å²) in [5.74, 6) is -1.28. The van der Waals surface area contributed by atoms with E-state index in [4.69, 9.17) is 14.5 Å². The Morgan fingerprint density at radius 1 is 1.55 bits per heavy atom. The number of carboxylic acids is 1. The first-order valence-electron chi connectivity index (χ1n) is 2.42. The Morgan fingerprint density at radius 3 is 1.64 bits per heavy atom. The van der Waals surface area contributed by atoms with E-state index in [-0.39, 0.29) is 35.3 Å². The average molecular weight is 192 g/mol. The van der Waals surface area contributed by atoms with Crippen molar-refractivity contribution in [3.8, 4) is 0 Å². The van der Waals surface area contributed by atoms with Crippen molar-refractivity contribution >= 4 is 16.1 Å². The van der Waals surface area contributed by atoms with Gasteiger partial charge in [0.25, 0.3) is 10.1 Å². The van der Waals surface area contributed by atoms with Crippen LogP contribution in [-0.4, -0.2) is 24.7 Å². The summed E-state index contributed by atoms with van der Waals surface area (Å²) >= 11 is 0. The van der Waals surface area contributed by atoms with Gasteiger partial charge in [-0.15, -0.1) is 0 Å². The van der Waals surface area contributed by atoms with Crippen LogP contribution in [0.25, 0.3) is 0 Å². The summed E-state index contributed by atoms with van der Waals surface area (Å²) < 4.78 is 26.9. The van der Waals surface area contributed by atoms with E-state index >= 15 is 0 Å². The third-order valence-corrected chi connectivity index (χ3v) is 1.09. The summed E-state index contributed by atoms with van der Waals surface area (Å²) in [4.78, 5) is 8.89. The molecule has 0 fully saturated rings. The van der Waals surface area contributed by atoms with Crippen molar-refractivity contribution in [1.82, 2.24) is 0 Å². The van der Waals surface area contributed by atoms with Crippen LogP contribution < -0.4 is 34.7 Å². The number of carbonyl (C=O) groups excluding carboxylic acids is 1. The summed E-state index contributed by atoms with van der Waals surface area (Å²) in [6.45, 7) is 2.34. The van der Waals surface area contributed by atoms with Crippen LogP contribution in [0, 0.1) is 0 Å². The van der Waals surface area contributed by atoms with Gasteiger partial charge in [0, 0.05) is 5.97 Å². The smallest absolute Gasteiger partial charge is 0.550 e. The normalized spacial score (nSPS) is 8.64. The van der Waals surface area contributed by atoms with E-state index in [1.807, 2.05) is 0 Å². The zero-order valence-electron chi connectivity index (χ0n) is 6.70. The van der Waals surface area contributed by atoms with Gasteiger partial charge in [0.05, 0.1) is 5.75 Å². The van der Waals surface area contributed by atoms with Gasteiger partial charge < -0.3 is 9.90 Å². The van der Waals surface area contributed by atoms with Gasteiger partial charge in [0.2, 0.25) is 0 Å². The van der Waals surface area contributed by atoms with E-state index in [9.17, 15) is 8.42 Å². The largest absolute Gasteiger partial charge is 1.00 e. The fourth-order valence-corrected chi connectivity index (χ4v) is 0. The minimum absolute atomic E-state index is 0. The molecular weight excluding hydrogens is 183 g/mol. The Labute approximate surface area is 87.8 Å². The van der Waals surface area contributed by atoms with Crippen molar-refractivity contribution in [3.63, 3.8) is 0 Å². The standard InChI is InChI=1S/C2H6O3S.C2H4O2.Na/c1-2-6(3,4)5;1-2(3)4;/h2H2,1H3,(H,3,4,5);1H3,(H,3,4);/q;;+1/p-1. The molecule has 0 spiro atoms. The minimum Gasteiger partial charge on any atom is -0.550 e. The van der Waals surface area contributed by atoms with Crippen LogP contribution in [0.3, 0.4) is 0 Å². The Bertz CT molecular complexity index is 181. The first-order valence-corrected chi connectivity index (χ1v) is 4.03. The Balaban J connectivity index is -0.000000114. The van der Waals surface area contributed by atoms with Crippen molar-refractivity contribution in [2.45, 2.75) is 13.8 Å². The zero-order valence-corrected chi connectivity index (χ0v) is 9.51. The predicted molar refractivity (Wildman–Crippen MR) is 32.8 cm³/mol.